The fourth-order valence-corrected chi connectivity index (χ4v) is 2.96. The molecular weight excluding hydrogens is 306 g/mol. The maximum Gasteiger partial charge on any atom is 0.309 e. The van der Waals surface area contributed by atoms with Crippen LogP contribution >= 0.6 is 15.9 Å². The highest BCUT2D eigenvalue weighted by molar-refractivity contribution is 9.10. The fourth-order valence-electron chi connectivity index (χ4n) is 2.59. The van der Waals surface area contributed by atoms with E-state index < -0.39 is 23.0 Å². The summed E-state index contributed by atoms with van der Waals surface area (Å²) in [5.41, 5.74) is -1.14. The number of benzene rings is 1. The topological polar surface area (TPSA) is 37.3 Å². The monoisotopic (exact) mass is 318 g/mol. The van der Waals surface area contributed by atoms with Crippen LogP contribution in [0, 0.1) is 17.0 Å². The van der Waals surface area contributed by atoms with Gasteiger partial charge in [-0.05, 0) is 47.3 Å². The Morgan fingerprint density at radius 2 is 1.94 bits per heavy atom. The molecule has 0 saturated heterocycles. The molecule has 0 aromatic heterocycles. The van der Waals surface area contributed by atoms with Crippen molar-refractivity contribution in [1.29, 1.82) is 0 Å². The Morgan fingerprint density at radius 1 is 1.33 bits per heavy atom. The van der Waals surface area contributed by atoms with Crippen LogP contribution in [0.15, 0.2) is 16.6 Å². The van der Waals surface area contributed by atoms with E-state index in [1.807, 2.05) is 0 Å². The van der Waals surface area contributed by atoms with Crippen LogP contribution in [-0.2, 0) is 11.2 Å². The maximum absolute atomic E-state index is 13.9. The van der Waals surface area contributed by atoms with Crippen molar-refractivity contribution < 1.29 is 18.7 Å². The van der Waals surface area contributed by atoms with Gasteiger partial charge in [-0.15, -0.1) is 0 Å². The molecule has 2 rings (SSSR count). The normalized spacial score (nSPS) is 17.9. The van der Waals surface area contributed by atoms with Crippen LogP contribution < -0.4 is 0 Å². The van der Waals surface area contributed by atoms with E-state index >= 15 is 0 Å². The molecule has 0 unspecified atom stereocenters. The first-order chi connectivity index (χ1) is 8.46. The van der Waals surface area contributed by atoms with Gasteiger partial charge in [-0.3, -0.25) is 4.79 Å². The average Bonchev–Trinajstić information content (AvgIpc) is 2.80. The smallest absolute Gasteiger partial charge is 0.309 e. The molecule has 1 N–H and O–H groups in total. The zero-order valence-electron chi connectivity index (χ0n) is 9.68. The Bertz CT molecular complexity index is 482. The van der Waals surface area contributed by atoms with E-state index in [0.29, 0.717) is 12.8 Å². The summed E-state index contributed by atoms with van der Waals surface area (Å²) in [5.74, 6) is -2.33. The number of halogens is 3. The van der Waals surface area contributed by atoms with Crippen LogP contribution in [0.25, 0.3) is 0 Å². The maximum atomic E-state index is 13.9. The lowest BCUT2D eigenvalue weighted by Gasteiger charge is -2.24. The molecule has 0 radical (unpaired) electrons. The molecule has 1 aliphatic carbocycles. The van der Waals surface area contributed by atoms with E-state index in [1.165, 1.54) is 6.07 Å². The summed E-state index contributed by atoms with van der Waals surface area (Å²) < 4.78 is 27.7. The van der Waals surface area contributed by atoms with Crippen molar-refractivity contribution in [3.63, 3.8) is 0 Å². The molecule has 1 aromatic carbocycles. The van der Waals surface area contributed by atoms with Gasteiger partial charge in [-0.2, -0.15) is 0 Å². The quantitative estimate of drug-likeness (QED) is 0.858. The molecule has 0 aliphatic heterocycles. The Morgan fingerprint density at radius 3 is 2.50 bits per heavy atom. The van der Waals surface area contributed by atoms with Gasteiger partial charge in [0.15, 0.2) is 0 Å². The van der Waals surface area contributed by atoms with Crippen LogP contribution in [0.2, 0.25) is 0 Å². The lowest BCUT2D eigenvalue weighted by atomic mass is 9.80. The van der Waals surface area contributed by atoms with Crippen molar-refractivity contribution in [2.45, 2.75) is 32.1 Å². The Balaban J connectivity index is 2.39. The molecule has 1 fully saturated rings. The van der Waals surface area contributed by atoms with Gasteiger partial charge in [0.2, 0.25) is 0 Å². The molecule has 0 bridgehead atoms. The third-order valence-electron chi connectivity index (χ3n) is 3.67. The third kappa shape index (κ3) is 2.28. The number of hydrogen-bond donors (Lipinski definition) is 1. The summed E-state index contributed by atoms with van der Waals surface area (Å²) in [6.07, 6.45) is 2.47. The molecule has 1 saturated carbocycles. The molecular formula is C13H13BrF2O2. The molecule has 98 valence electrons. The molecule has 18 heavy (non-hydrogen) atoms. The molecule has 0 amide bonds. The molecule has 1 aliphatic rings. The highest BCUT2D eigenvalue weighted by Crippen LogP contribution is 2.42. The fraction of sp³-hybridized carbons (Fsp3) is 0.462. The van der Waals surface area contributed by atoms with E-state index in [4.69, 9.17) is 0 Å². The predicted molar refractivity (Wildman–Crippen MR) is 66.3 cm³/mol. The highest BCUT2D eigenvalue weighted by Gasteiger charge is 2.42. The number of carbonyl (C=O) groups is 1. The SMILES string of the molecule is O=C(O)C1(Cc2c(F)ccc(Br)c2F)CCCC1. The second-order valence-electron chi connectivity index (χ2n) is 4.79. The van der Waals surface area contributed by atoms with Gasteiger partial charge in [0.25, 0.3) is 0 Å². The highest BCUT2D eigenvalue weighted by atomic mass is 79.9. The summed E-state index contributed by atoms with van der Waals surface area (Å²) >= 11 is 3.00. The van der Waals surface area contributed by atoms with Crippen molar-refractivity contribution in [1.82, 2.24) is 0 Å². The first kappa shape index (κ1) is 13.5. The van der Waals surface area contributed by atoms with E-state index in [-0.39, 0.29) is 16.5 Å². The van der Waals surface area contributed by atoms with Gasteiger partial charge in [0.1, 0.15) is 11.6 Å². The number of carboxylic acid groups (broad SMARTS) is 1. The molecule has 2 nitrogen and oxygen atoms in total. The lowest BCUT2D eigenvalue weighted by Crippen LogP contribution is -2.31. The Labute approximate surface area is 112 Å². The minimum atomic E-state index is -1.01. The molecule has 5 heteroatoms. The second kappa shape index (κ2) is 4.96. The molecule has 1 aromatic rings. The average molecular weight is 319 g/mol. The van der Waals surface area contributed by atoms with E-state index in [1.54, 1.807) is 0 Å². The number of hydrogen-bond acceptors (Lipinski definition) is 1. The van der Waals surface area contributed by atoms with Gasteiger partial charge >= 0.3 is 5.97 Å². The largest absolute Gasteiger partial charge is 0.481 e. The van der Waals surface area contributed by atoms with Gasteiger partial charge in [0.05, 0.1) is 9.89 Å². The number of aliphatic carboxylic acids is 1. The second-order valence-corrected chi connectivity index (χ2v) is 5.65. The van der Waals surface area contributed by atoms with E-state index in [0.717, 1.165) is 18.9 Å². The minimum Gasteiger partial charge on any atom is -0.481 e. The van der Waals surface area contributed by atoms with Crippen molar-refractivity contribution in [3.8, 4) is 0 Å². The minimum absolute atomic E-state index is 0.0839. The zero-order chi connectivity index (χ0) is 13.3. The van der Waals surface area contributed by atoms with Crippen molar-refractivity contribution in [2.75, 3.05) is 0 Å². The van der Waals surface area contributed by atoms with Crippen LogP contribution in [0.3, 0.4) is 0 Å². The molecule has 0 heterocycles. The van der Waals surface area contributed by atoms with Crippen LogP contribution in [-0.4, -0.2) is 11.1 Å². The van der Waals surface area contributed by atoms with Crippen molar-refractivity contribution in [3.05, 3.63) is 33.8 Å². The summed E-state index contributed by atoms with van der Waals surface area (Å²) in [5, 5.41) is 9.32. The first-order valence-corrected chi connectivity index (χ1v) is 6.61. The number of carboxylic acids is 1. The van der Waals surface area contributed by atoms with Gasteiger partial charge in [0, 0.05) is 5.56 Å². The molecule has 0 atom stereocenters. The lowest BCUT2D eigenvalue weighted by molar-refractivity contribution is -0.148. The molecule has 0 spiro atoms. The van der Waals surface area contributed by atoms with E-state index in [9.17, 15) is 18.7 Å². The van der Waals surface area contributed by atoms with Crippen LogP contribution in [0.1, 0.15) is 31.2 Å². The van der Waals surface area contributed by atoms with Gasteiger partial charge in [-0.1, -0.05) is 12.8 Å². The van der Waals surface area contributed by atoms with Gasteiger partial charge < -0.3 is 5.11 Å². The summed E-state index contributed by atoms with van der Waals surface area (Å²) in [6.45, 7) is 0. The summed E-state index contributed by atoms with van der Waals surface area (Å²) in [4.78, 5) is 11.4. The van der Waals surface area contributed by atoms with Crippen LogP contribution in [0.5, 0.6) is 0 Å². The summed E-state index contributed by atoms with van der Waals surface area (Å²) in [7, 11) is 0. The van der Waals surface area contributed by atoms with Gasteiger partial charge in [-0.25, -0.2) is 8.78 Å². The number of rotatable bonds is 3. The van der Waals surface area contributed by atoms with E-state index in [2.05, 4.69) is 15.9 Å². The zero-order valence-corrected chi connectivity index (χ0v) is 11.3. The third-order valence-corrected chi connectivity index (χ3v) is 4.28. The predicted octanol–water partition coefficient (Wildman–Crippen LogP) is 3.91. The summed E-state index contributed by atoms with van der Waals surface area (Å²) in [6, 6.07) is 2.45. The Hall–Kier alpha value is -0.970. The first-order valence-electron chi connectivity index (χ1n) is 5.82. The van der Waals surface area contributed by atoms with Crippen LogP contribution in [0.4, 0.5) is 8.78 Å². The van der Waals surface area contributed by atoms with Crippen molar-refractivity contribution in [2.24, 2.45) is 5.41 Å². The van der Waals surface area contributed by atoms with Crippen molar-refractivity contribution >= 4 is 21.9 Å². The Kier molecular flexibility index (Phi) is 3.71. The standard InChI is InChI=1S/C13H13BrF2O2/c14-9-3-4-10(15)8(11(9)16)7-13(12(17)18)5-1-2-6-13/h3-4H,1-2,5-7H2,(H,17,18).